The normalized spacial score (nSPS) is 12.7. The Morgan fingerprint density at radius 2 is 1.03 bits per heavy atom. The number of hydrogen-bond acceptors (Lipinski definition) is 2. The van der Waals surface area contributed by atoms with Crippen molar-refractivity contribution in [2.24, 2.45) is 0 Å². The zero-order valence-electron chi connectivity index (χ0n) is 18.1. The first kappa shape index (κ1) is 21.7. The van der Waals surface area contributed by atoms with Crippen LogP contribution in [0.15, 0.2) is 88.1 Å². The van der Waals surface area contributed by atoms with Gasteiger partial charge in [-0.15, -0.1) is 0 Å². The molecule has 8 aromatic rings. The molecule has 170 valence electrons. The summed E-state index contributed by atoms with van der Waals surface area (Å²) in [5.41, 5.74) is 0.0285. The van der Waals surface area contributed by atoms with Crippen molar-refractivity contribution in [3.63, 3.8) is 0 Å². The monoisotopic (exact) mass is 718 g/mol. The second-order valence-electron chi connectivity index (χ2n) is 9.21. The molecule has 8 aromatic carbocycles. The highest BCUT2D eigenvalue weighted by Gasteiger charge is 2.25. The topological polar surface area (TPSA) is 34.1 Å². The van der Waals surface area contributed by atoms with Crippen molar-refractivity contribution in [2.45, 2.75) is 0 Å². The Labute approximate surface area is 236 Å². The molecule has 36 heavy (non-hydrogen) atoms. The fourth-order valence-corrected chi connectivity index (χ4v) is 8.32. The summed E-state index contributed by atoms with van der Waals surface area (Å²) in [6, 6.07) is 19.7. The van der Waals surface area contributed by atoms with Gasteiger partial charge in [0.05, 0.1) is 0 Å². The smallest absolute Gasteiger partial charge is 0.194 e. The fraction of sp³-hybridized carbons (Fsp3) is 0. The van der Waals surface area contributed by atoms with Gasteiger partial charge in [0.2, 0.25) is 0 Å². The number of halogens is 4. The summed E-state index contributed by atoms with van der Waals surface area (Å²) in [6.07, 6.45) is 0. The van der Waals surface area contributed by atoms with E-state index in [1.54, 1.807) is 0 Å². The Morgan fingerprint density at radius 1 is 0.417 bits per heavy atom. The Bertz CT molecular complexity index is 2400. The molecule has 0 aliphatic heterocycles. The van der Waals surface area contributed by atoms with Gasteiger partial charge in [-0.25, -0.2) is 0 Å². The zero-order chi connectivity index (χ0) is 24.6. The molecule has 8 rings (SSSR count). The van der Waals surface area contributed by atoms with Crippen LogP contribution in [0.2, 0.25) is 0 Å². The van der Waals surface area contributed by atoms with Gasteiger partial charge in [-0.1, -0.05) is 40.2 Å². The maximum atomic E-state index is 13.8. The maximum absolute atomic E-state index is 13.8. The molecule has 0 saturated carbocycles. The Kier molecular flexibility index (Phi) is 4.30. The van der Waals surface area contributed by atoms with Gasteiger partial charge in [0.15, 0.2) is 10.9 Å². The highest BCUT2D eigenvalue weighted by molar-refractivity contribution is 9.13. The van der Waals surface area contributed by atoms with Gasteiger partial charge in [0.25, 0.3) is 0 Å². The minimum Gasteiger partial charge on any atom is -0.289 e. The van der Waals surface area contributed by atoms with Gasteiger partial charge in [0, 0.05) is 66.4 Å². The van der Waals surface area contributed by atoms with E-state index in [2.05, 4.69) is 69.8 Å². The first-order chi connectivity index (χ1) is 17.4. The van der Waals surface area contributed by atoms with E-state index in [-0.39, 0.29) is 10.9 Å². The van der Waals surface area contributed by atoms with Crippen LogP contribution in [0, 0.1) is 0 Å². The fourth-order valence-electron chi connectivity index (χ4n) is 6.14. The third-order valence-corrected chi connectivity index (χ3v) is 11.1. The van der Waals surface area contributed by atoms with Crippen LogP contribution in [0.1, 0.15) is 0 Å². The van der Waals surface area contributed by atoms with Crippen LogP contribution < -0.4 is 10.9 Å². The van der Waals surface area contributed by atoms with Crippen LogP contribution in [0.3, 0.4) is 0 Å². The SMILES string of the molecule is O=c1c2cccc(Br)c2c2cc3ccc4c(=O)c5ccc(Br)c(Br)c5c5c(Br)c6ccc1c2c6c3c45. The van der Waals surface area contributed by atoms with Crippen molar-refractivity contribution >= 4 is 139 Å². The maximum Gasteiger partial charge on any atom is 0.194 e. The summed E-state index contributed by atoms with van der Waals surface area (Å²) >= 11 is 15.0. The van der Waals surface area contributed by atoms with Crippen LogP contribution in [0.25, 0.3) is 75.4 Å². The predicted octanol–water partition coefficient (Wildman–Crippen LogP) is 9.84. The molecular weight excluding hydrogens is 712 g/mol. The first-order valence-electron chi connectivity index (χ1n) is 11.2. The molecular formula is C30H10Br4O2. The minimum absolute atomic E-state index is 0.00671. The van der Waals surface area contributed by atoms with Crippen molar-refractivity contribution < 1.29 is 0 Å². The average molecular weight is 722 g/mol. The van der Waals surface area contributed by atoms with E-state index >= 15 is 0 Å². The van der Waals surface area contributed by atoms with Crippen LogP contribution in [-0.2, 0) is 0 Å². The quantitative estimate of drug-likeness (QED) is 0.115. The number of rotatable bonds is 0. The molecule has 0 radical (unpaired) electrons. The number of benzene rings is 8. The highest BCUT2D eigenvalue weighted by atomic mass is 79.9. The number of fused-ring (bicyclic) bond motifs is 4. The largest absolute Gasteiger partial charge is 0.289 e. The lowest BCUT2D eigenvalue weighted by molar-refractivity contribution is 1.65. The summed E-state index contributed by atoms with van der Waals surface area (Å²) < 4.78 is 3.56. The molecule has 0 aliphatic rings. The molecule has 0 aliphatic carbocycles. The molecule has 0 atom stereocenters. The lowest BCUT2D eigenvalue weighted by atomic mass is 9.84. The zero-order valence-corrected chi connectivity index (χ0v) is 24.4. The van der Waals surface area contributed by atoms with E-state index in [1.807, 2.05) is 54.6 Å². The Hall–Kier alpha value is -2.38. The molecule has 0 spiro atoms. The van der Waals surface area contributed by atoms with Gasteiger partial charge in [-0.05, 0) is 111 Å². The summed E-state index contributed by atoms with van der Waals surface area (Å²) in [4.78, 5) is 27.4. The van der Waals surface area contributed by atoms with Crippen LogP contribution in [0.5, 0.6) is 0 Å². The third kappa shape index (κ3) is 2.42. The van der Waals surface area contributed by atoms with Gasteiger partial charge in [-0.3, -0.25) is 9.59 Å². The summed E-state index contributed by atoms with van der Waals surface area (Å²) in [7, 11) is 0. The molecule has 0 heterocycles. The summed E-state index contributed by atoms with van der Waals surface area (Å²) in [5.74, 6) is 0. The molecule has 0 fully saturated rings. The van der Waals surface area contributed by atoms with Crippen molar-refractivity contribution in [2.75, 3.05) is 0 Å². The lowest BCUT2D eigenvalue weighted by Crippen LogP contribution is -2.07. The molecule has 0 N–H and O–H groups in total. The van der Waals surface area contributed by atoms with Crippen molar-refractivity contribution in [1.82, 2.24) is 0 Å². The second kappa shape index (κ2) is 7.13. The molecule has 6 heteroatoms. The summed E-state index contributed by atoms with van der Waals surface area (Å²) in [6.45, 7) is 0. The third-order valence-electron chi connectivity index (χ3n) is 7.57. The number of hydrogen-bond donors (Lipinski definition) is 0. The molecule has 0 amide bonds. The van der Waals surface area contributed by atoms with E-state index in [0.29, 0.717) is 21.5 Å². The standard InChI is InChI=1S/C30H10Br4O2/c31-18-3-1-2-13-21(18)17-10-11-4-5-15-24-20(11)23-12(6-7-14(22(17)23)29(13)35)27(33)26(24)25-16(30(15)36)8-9-19(32)28(25)34/h1-10H. The minimum atomic E-state index is 0.00671. The van der Waals surface area contributed by atoms with Gasteiger partial charge in [0.1, 0.15) is 0 Å². The Balaban J connectivity index is 1.83. The molecule has 0 saturated heterocycles. The van der Waals surface area contributed by atoms with Crippen LogP contribution in [-0.4, -0.2) is 0 Å². The average Bonchev–Trinajstić information content (AvgIpc) is 2.88. The Morgan fingerprint density at radius 3 is 1.83 bits per heavy atom. The van der Waals surface area contributed by atoms with Crippen LogP contribution >= 0.6 is 63.7 Å². The predicted molar refractivity (Wildman–Crippen MR) is 166 cm³/mol. The van der Waals surface area contributed by atoms with E-state index in [4.69, 9.17) is 0 Å². The van der Waals surface area contributed by atoms with Crippen molar-refractivity contribution in [3.8, 4) is 0 Å². The van der Waals surface area contributed by atoms with Crippen LogP contribution in [0.4, 0.5) is 0 Å². The second-order valence-corrected chi connectivity index (χ2v) is 12.5. The first-order valence-corrected chi connectivity index (χ1v) is 14.4. The van der Waals surface area contributed by atoms with Crippen molar-refractivity contribution in [1.29, 1.82) is 0 Å². The van der Waals surface area contributed by atoms with E-state index in [1.165, 1.54) is 0 Å². The molecule has 2 nitrogen and oxygen atoms in total. The molecule has 0 bridgehead atoms. The van der Waals surface area contributed by atoms with Gasteiger partial charge >= 0.3 is 0 Å². The van der Waals surface area contributed by atoms with Crippen molar-refractivity contribution in [3.05, 3.63) is 99.0 Å². The highest BCUT2D eigenvalue weighted by Crippen LogP contribution is 2.50. The lowest BCUT2D eigenvalue weighted by Gasteiger charge is -2.21. The molecule has 0 aromatic heterocycles. The van der Waals surface area contributed by atoms with E-state index < -0.39 is 0 Å². The van der Waals surface area contributed by atoms with E-state index in [9.17, 15) is 9.59 Å². The van der Waals surface area contributed by atoms with E-state index in [0.717, 1.165) is 71.8 Å². The van der Waals surface area contributed by atoms with Gasteiger partial charge < -0.3 is 0 Å². The molecule has 0 unspecified atom stereocenters. The van der Waals surface area contributed by atoms with Gasteiger partial charge in [-0.2, -0.15) is 0 Å². The summed E-state index contributed by atoms with van der Waals surface area (Å²) in [5, 5.41) is 12.6.